The van der Waals surface area contributed by atoms with Crippen LogP contribution in [-0.4, -0.2) is 67.7 Å². The molecule has 0 atom stereocenters. The lowest BCUT2D eigenvalue weighted by Crippen LogP contribution is -2.39. The lowest BCUT2D eigenvalue weighted by molar-refractivity contribution is 0.0944. The van der Waals surface area contributed by atoms with Crippen molar-refractivity contribution in [1.29, 1.82) is 0 Å². The second-order valence-electron chi connectivity index (χ2n) is 12.8. The third-order valence-corrected chi connectivity index (χ3v) is 10.1. The highest BCUT2D eigenvalue weighted by atomic mass is 35.5. The number of pyridine rings is 2. The second-order valence-corrected chi connectivity index (χ2v) is 13.6. The van der Waals surface area contributed by atoms with E-state index < -0.39 is 0 Å². The van der Waals surface area contributed by atoms with Gasteiger partial charge in [-0.15, -0.1) is 0 Å². The number of halogens is 2. The Morgan fingerprint density at radius 1 is 0.694 bits per heavy atom. The van der Waals surface area contributed by atoms with Crippen molar-refractivity contribution in [3.05, 3.63) is 112 Å². The van der Waals surface area contributed by atoms with Gasteiger partial charge in [0, 0.05) is 103 Å². The number of hydrogen-bond donors (Lipinski definition) is 2. The van der Waals surface area contributed by atoms with Gasteiger partial charge in [-0.2, -0.15) is 0 Å². The molecular formula is C38H42Cl2N6O3. The second kappa shape index (κ2) is 16.9. The lowest BCUT2D eigenvalue weighted by Gasteiger charge is -2.33. The highest BCUT2D eigenvalue weighted by Crippen LogP contribution is 2.26. The van der Waals surface area contributed by atoms with Gasteiger partial charge in [-0.1, -0.05) is 29.3 Å². The van der Waals surface area contributed by atoms with Crippen LogP contribution in [0.3, 0.4) is 0 Å². The molecule has 2 aromatic heterocycles. The summed E-state index contributed by atoms with van der Waals surface area (Å²) < 4.78 is 6.10. The standard InChI is InChI=1S/C38H42Cl2N6O3/c39-32-2-1-29(36(40)24-32)11-20-49-35-22-30(37(47)43-25-27-7-16-45(17-8-27)33-3-12-41-13-4-33)21-31(23-35)38(48)44-26-28-9-18-46(19-10-28)34-5-14-42-15-6-34/h1-6,12-15,21-24,27-28H,7-11,16-20,25-26H2,(H,43,47)(H,44,48). The third kappa shape index (κ3) is 9.64. The van der Waals surface area contributed by atoms with Gasteiger partial charge in [0.25, 0.3) is 11.8 Å². The Morgan fingerprint density at radius 2 is 1.18 bits per heavy atom. The molecule has 6 rings (SSSR count). The van der Waals surface area contributed by atoms with Gasteiger partial charge in [-0.3, -0.25) is 19.6 Å². The summed E-state index contributed by atoms with van der Waals surface area (Å²) in [6.45, 7) is 5.18. The summed E-state index contributed by atoms with van der Waals surface area (Å²) in [4.78, 5) is 39.9. The highest BCUT2D eigenvalue weighted by Gasteiger charge is 2.23. The first kappa shape index (κ1) is 34.5. The number of anilines is 2. The number of aromatic nitrogens is 2. The summed E-state index contributed by atoms with van der Waals surface area (Å²) >= 11 is 12.4. The first-order valence-electron chi connectivity index (χ1n) is 17.0. The number of amides is 2. The van der Waals surface area contributed by atoms with Crippen molar-refractivity contribution in [2.45, 2.75) is 32.1 Å². The molecule has 4 heterocycles. The summed E-state index contributed by atoms with van der Waals surface area (Å²) in [5.41, 5.74) is 4.05. The van der Waals surface area contributed by atoms with E-state index in [1.54, 1.807) is 30.3 Å². The van der Waals surface area contributed by atoms with Crippen LogP contribution < -0.4 is 25.2 Å². The van der Waals surface area contributed by atoms with E-state index in [1.807, 2.05) is 55.1 Å². The fourth-order valence-corrected chi connectivity index (χ4v) is 7.03. The number of benzene rings is 2. The van der Waals surface area contributed by atoms with E-state index in [0.29, 0.717) is 64.9 Å². The van der Waals surface area contributed by atoms with Crippen LogP contribution in [0.1, 0.15) is 52.0 Å². The SMILES string of the molecule is O=C(NCC1CCN(c2ccncc2)CC1)c1cc(OCCc2ccc(Cl)cc2Cl)cc(C(=O)NCC2CCN(c3ccncc3)CC2)c1. The predicted molar refractivity (Wildman–Crippen MR) is 195 cm³/mol. The zero-order valence-electron chi connectivity index (χ0n) is 27.5. The number of hydrogen-bond acceptors (Lipinski definition) is 7. The molecule has 11 heteroatoms. The molecule has 256 valence electrons. The summed E-state index contributed by atoms with van der Waals surface area (Å²) in [6, 6.07) is 18.6. The zero-order valence-corrected chi connectivity index (χ0v) is 29.0. The molecule has 2 aliphatic heterocycles. The van der Waals surface area contributed by atoms with Crippen LogP contribution in [0.5, 0.6) is 5.75 Å². The van der Waals surface area contributed by atoms with Gasteiger partial charge < -0.3 is 25.2 Å². The monoisotopic (exact) mass is 700 g/mol. The maximum atomic E-state index is 13.5. The number of ether oxygens (including phenoxy) is 1. The molecule has 0 radical (unpaired) electrons. The van der Waals surface area contributed by atoms with Crippen molar-refractivity contribution in [2.24, 2.45) is 11.8 Å². The van der Waals surface area contributed by atoms with Crippen molar-refractivity contribution in [3.8, 4) is 5.75 Å². The van der Waals surface area contributed by atoms with Crippen molar-refractivity contribution < 1.29 is 14.3 Å². The van der Waals surface area contributed by atoms with Crippen LogP contribution in [0.15, 0.2) is 85.5 Å². The van der Waals surface area contributed by atoms with Crippen LogP contribution in [0.25, 0.3) is 0 Å². The molecule has 2 aromatic carbocycles. The number of piperidine rings is 2. The Labute approximate surface area is 298 Å². The average molecular weight is 702 g/mol. The quantitative estimate of drug-likeness (QED) is 0.170. The number of carbonyl (C=O) groups is 2. The first-order valence-corrected chi connectivity index (χ1v) is 17.7. The molecule has 2 N–H and O–H groups in total. The van der Waals surface area contributed by atoms with Crippen molar-refractivity contribution in [3.63, 3.8) is 0 Å². The average Bonchev–Trinajstić information content (AvgIpc) is 3.15. The van der Waals surface area contributed by atoms with Crippen LogP contribution in [0, 0.1) is 11.8 Å². The Morgan fingerprint density at radius 3 is 1.65 bits per heavy atom. The molecular weight excluding hydrogens is 659 g/mol. The number of nitrogens with zero attached hydrogens (tertiary/aromatic N) is 4. The molecule has 0 bridgehead atoms. The minimum atomic E-state index is -0.222. The molecule has 0 spiro atoms. The maximum Gasteiger partial charge on any atom is 0.251 e. The number of rotatable bonds is 12. The van der Waals surface area contributed by atoms with E-state index in [2.05, 4.69) is 30.4 Å². The zero-order chi connectivity index (χ0) is 34.0. The van der Waals surface area contributed by atoms with Crippen LogP contribution in [0.2, 0.25) is 10.0 Å². The van der Waals surface area contributed by atoms with Crippen molar-refractivity contribution in [1.82, 2.24) is 20.6 Å². The van der Waals surface area contributed by atoms with Crippen molar-refractivity contribution >= 4 is 46.4 Å². The fraction of sp³-hybridized carbons (Fsp3) is 0.368. The maximum absolute atomic E-state index is 13.5. The molecule has 2 amide bonds. The Bertz CT molecular complexity index is 1600. The van der Waals surface area contributed by atoms with Gasteiger partial charge in [-0.25, -0.2) is 0 Å². The van der Waals surface area contributed by atoms with Gasteiger partial charge in [0.05, 0.1) is 6.61 Å². The molecule has 2 fully saturated rings. The van der Waals surface area contributed by atoms with Gasteiger partial charge in [0.2, 0.25) is 0 Å². The molecule has 0 saturated carbocycles. The van der Waals surface area contributed by atoms with E-state index in [9.17, 15) is 9.59 Å². The minimum Gasteiger partial charge on any atom is -0.493 e. The molecule has 2 aliphatic rings. The Balaban J connectivity index is 1.06. The van der Waals surface area contributed by atoms with E-state index in [0.717, 1.165) is 57.4 Å². The van der Waals surface area contributed by atoms with Crippen LogP contribution >= 0.6 is 23.2 Å². The number of nitrogens with one attached hydrogen (secondary N) is 2. The van der Waals surface area contributed by atoms with Gasteiger partial charge in [0.1, 0.15) is 5.75 Å². The first-order chi connectivity index (χ1) is 23.9. The number of carbonyl (C=O) groups excluding carboxylic acids is 2. The largest absolute Gasteiger partial charge is 0.493 e. The summed E-state index contributed by atoms with van der Waals surface area (Å²) in [5, 5.41) is 7.38. The molecule has 0 aliphatic carbocycles. The molecule has 2 saturated heterocycles. The summed E-state index contributed by atoms with van der Waals surface area (Å²) in [6.07, 6.45) is 11.7. The molecule has 0 unspecified atom stereocenters. The van der Waals surface area contributed by atoms with E-state index >= 15 is 0 Å². The third-order valence-electron chi connectivity index (χ3n) is 9.47. The highest BCUT2D eigenvalue weighted by molar-refractivity contribution is 6.35. The van der Waals surface area contributed by atoms with Gasteiger partial charge in [-0.05, 0) is 97.7 Å². The summed E-state index contributed by atoms with van der Waals surface area (Å²) in [7, 11) is 0. The van der Waals surface area contributed by atoms with Crippen LogP contribution in [-0.2, 0) is 6.42 Å². The van der Waals surface area contributed by atoms with Crippen LogP contribution in [0.4, 0.5) is 11.4 Å². The topological polar surface area (TPSA) is 99.7 Å². The predicted octanol–water partition coefficient (Wildman–Crippen LogP) is 6.70. The van der Waals surface area contributed by atoms with Gasteiger partial charge >= 0.3 is 0 Å². The normalized spacial score (nSPS) is 15.6. The smallest absolute Gasteiger partial charge is 0.251 e. The molecule has 9 nitrogen and oxygen atoms in total. The Kier molecular flexibility index (Phi) is 11.9. The Hall–Kier alpha value is -4.34. The minimum absolute atomic E-state index is 0.222. The molecule has 49 heavy (non-hydrogen) atoms. The van der Waals surface area contributed by atoms with E-state index in [-0.39, 0.29) is 11.8 Å². The van der Waals surface area contributed by atoms with Gasteiger partial charge in [0.15, 0.2) is 0 Å². The van der Waals surface area contributed by atoms with Crippen molar-refractivity contribution in [2.75, 3.05) is 55.7 Å². The fourth-order valence-electron chi connectivity index (χ4n) is 6.53. The summed E-state index contributed by atoms with van der Waals surface area (Å²) in [5.74, 6) is 0.761. The van der Waals surface area contributed by atoms with E-state index in [1.165, 1.54) is 11.4 Å². The molecule has 4 aromatic rings. The lowest BCUT2D eigenvalue weighted by atomic mass is 9.96. The van der Waals surface area contributed by atoms with E-state index in [4.69, 9.17) is 27.9 Å².